The molecule has 0 spiro atoms. The summed E-state index contributed by atoms with van der Waals surface area (Å²) in [7, 11) is 0. The molecule has 2 heterocycles. The summed E-state index contributed by atoms with van der Waals surface area (Å²) in [5, 5.41) is 0. The van der Waals surface area contributed by atoms with Gasteiger partial charge >= 0.3 is 0 Å². The highest BCUT2D eigenvalue weighted by molar-refractivity contribution is 9.10. The molecule has 1 saturated heterocycles. The minimum absolute atomic E-state index is 0.768. The first-order valence-corrected chi connectivity index (χ1v) is 8.00. The Morgan fingerprint density at radius 2 is 2.00 bits per heavy atom. The SMILES string of the molecule is CCc1nccn1CC1CN(Cc2ccc(Br)cc2)C1. The Kier molecular flexibility index (Phi) is 4.22. The molecular formula is C16H20BrN3. The van der Waals surface area contributed by atoms with E-state index in [1.54, 1.807) is 0 Å². The van der Waals surface area contributed by atoms with Crippen molar-refractivity contribution in [1.29, 1.82) is 0 Å². The van der Waals surface area contributed by atoms with Crippen LogP contribution < -0.4 is 0 Å². The number of aromatic nitrogens is 2. The van der Waals surface area contributed by atoms with E-state index >= 15 is 0 Å². The molecule has 0 unspecified atom stereocenters. The predicted molar refractivity (Wildman–Crippen MR) is 84.5 cm³/mol. The zero-order valence-corrected chi connectivity index (χ0v) is 13.4. The van der Waals surface area contributed by atoms with Crippen LogP contribution in [0, 0.1) is 5.92 Å². The van der Waals surface area contributed by atoms with Gasteiger partial charge in [0.1, 0.15) is 5.82 Å². The second-order valence-electron chi connectivity index (χ2n) is 5.54. The molecule has 3 rings (SSSR count). The van der Waals surface area contributed by atoms with Gasteiger partial charge in [-0.15, -0.1) is 0 Å². The lowest BCUT2D eigenvalue weighted by Crippen LogP contribution is -2.47. The number of rotatable bonds is 5. The zero-order chi connectivity index (χ0) is 13.9. The molecule has 0 amide bonds. The predicted octanol–water partition coefficient (Wildman–Crippen LogP) is 3.34. The van der Waals surface area contributed by atoms with E-state index in [0.29, 0.717) is 0 Å². The highest BCUT2D eigenvalue weighted by Gasteiger charge is 2.27. The topological polar surface area (TPSA) is 21.1 Å². The second-order valence-corrected chi connectivity index (χ2v) is 6.45. The number of hydrogen-bond donors (Lipinski definition) is 0. The third-order valence-electron chi connectivity index (χ3n) is 3.93. The Morgan fingerprint density at radius 1 is 1.25 bits per heavy atom. The average Bonchev–Trinajstić information content (AvgIpc) is 2.86. The molecule has 0 N–H and O–H groups in total. The van der Waals surface area contributed by atoms with Crippen LogP contribution in [0.15, 0.2) is 41.1 Å². The zero-order valence-electron chi connectivity index (χ0n) is 11.8. The molecule has 106 valence electrons. The maximum atomic E-state index is 4.39. The van der Waals surface area contributed by atoms with Crippen LogP contribution in [-0.2, 0) is 19.5 Å². The Hall–Kier alpha value is -1.13. The first-order valence-electron chi connectivity index (χ1n) is 7.21. The van der Waals surface area contributed by atoms with E-state index < -0.39 is 0 Å². The first kappa shape index (κ1) is 13.8. The van der Waals surface area contributed by atoms with Crippen molar-refractivity contribution in [3.8, 4) is 0 Å². The van der Waals surface area contributed by atoms with Gasteiger partial charge < -0.3 is 4.57 Å². The van der Waals surface area contributed by atoms with Crippen molar-refractivity contribution in [3.05, 3.63) is 52.5 Å². The van der Waals surface area contributed by atoms with Gasteiger partial charge in [0.05, 0.1) is 0 Å². The molecule has 1 aliphatic rings. The number of imidazole rings is 1. The van der Waals surface area contributed by atoms with Crippen LogP contribution in [0.25, 0.3) is 0 Å². The molecule has 0 aliphatic carbocycles. The fraction of sp³-hybridized carbons (Fsp3) is 0.438. The number of nitrogens with zero attached hydrogens (tertiary/aromatic N) is 3. The van der Waals surface area contributed by atoms with Gasteiger partial charge in [-0.2, -0.15) is 0 Å². The van der Waals surface area contributed by atoms with Crippen molar-refractivity contribution in [1.82, 2.24) is 14.5 Å². The number of benzene rings is 1. The summed E-state index contributed by atoms with van der Waals surface area (Å²) in [6, 6.07) is 8.63. The lowest BCUT2D eigenvalue weighted by Gasteiger charge is -2.39. The first-order chi connectivity index (χ1) is 9.74. The molecule has 20 heavy (non-hydrogen) atoms. The summed E-state index contributed by atoms with van der Waals surface area (Å²) >= 11 is 3.48. The van der Waals surface area contributed by atoms with Gasteiger partial charge in [0.25, 0.3) is 0 Å². The molecule has 1 aliphatic heterocycles. The Labute approximate surface area is 128 Å². The molecule has 0 atom stereocenters. The molecule has 1 aromatic heterocycles. The van der Waals surface area contributed by atoms with E-state index in [-0.39, 0.29) is 0 Å². The molecule has 4 heteroatoms. The van der Waals surface area contributed by atoms with Crippen molar-refractivity contribution in [3.63, 3.8) is 0 Å². The third kappa shape index (κ3) is 3.13. The molecule has 1 aromatic carbocycles. The van der Waals surface area contributed by atoms with Crippen LogP contribution >= 0.6 is 15.9 Å². The lowest BCUT2D eigenvalue weighted by atomic mass is 9.99. The van der Waals surface area contributed by atoms with E-state index in [0.717, 1.165) is 29.9 Å². The maximum absolute atomic E-state index is 4.39. The number of hydrogen-bond acceptors (Lipinski definition) is 2. The molecular weight excluding hydrogens is 314 g/mol. The Bertz CT molecular complexity index is 555. The van der Waals surface area contributed by atoms with Gasteiger partial charge in [-0.05, 0) is 17.7 Å². The van der Waals surface area contributed by atoms with Crippen LogP contribution in [-0.4, -0.2) is 27.5 Å². The highest BCUT2D eigenvalue weighted by atomic mass is 79.9. The Balaban J connectivity index is 1.48. The highest BCUT2D eigenvalue weighted by Crippen LogP contribution is 2.21. The van der Waals surface area contributed by atoms with E-state index in [2.05, 4.69) is 67.8 Å². The van der Waals surface area contributed by atoms with Crippen LogP contribution in [0.1, 0.15) is 18.3 Å². The van der Waals surface area contributed by atoms with Gasteiger partial charge in [-0.3, -0.25) is 4.90 Å². The molecule has 0 radical (unpaired) electrons. The minimum atomic E-state index is 0.768. The number of aryl methyl sites for hydroxylation is 1. The second kappa shape index (κ2) is 6.10. The van der Waals surface area contributed by atoms with Crippen molar-refractivity contribution < 1.29 is 0 Å². The summed E-state index contributed by atoms with van der Waals surface area (Å²) in [5.74, 6) is 1.97. The summed E-state index contributed by atoms with van der Waals surface area (Å²) < 4.78 is 3.46. The van der Waals surface area contributed by atoms with Crippen LogP contribution in [0.2, 0.25) is 0 Å². The molecule has 0 saturated carbocycles. The summed E-state index contributed by atoms with van der Waals surface area (Å²) in [4.78, 5) is 6.90. The molecule has 3 nitrogen and oxygen atoms in total. The fourth-order valence-electron chi connectivity index (χ4n) is 2.87. The van der Waals surface area contributed by atoms with Crippen molar-refractivity contribution >= 4 is 15.9 Å². The summed E-state index contributed by atoms with van der Waals surface area (Å²) in [6.45, 7) is 6.72. The minimum Gasteiger partial charge on any atom is -0.335 e. The molecule has 0 bridgehead atoms. The van der Waals surface area contributed by atoms with Gasteiger partial charge in [0.2, 0.25) is 0 Å². The molecule has 1 fully saturated rings. The monoisotopic (exact) mass is 333 g/mol. The van der Waals surface area contributed by atoms with Crippen LogP contribution in [0.3, 0.4) is 0 Å². The molecule has 2 aromatic rings. The average molecular weight is 334 g/mol. The van der Waals surface area contributed by atoms with Gasteiger partial charge in [-0.25, -0.2) is 4.98 Å². The third-order valence-corrected chi connectivity index (χ3v) is 4.45. The van der Waals surface area contributed by atoms with Gasteiger partial charge in [0.15, 0.2) is 0 Å². The standard InChI is InChI=1S/C16H20BrN3/c1-2-16-18-7-8-20(16)12-14-10-19(11-14)9-13-3-5-15(17)6-4-13/h3-8,14H,2,9-12H2,1H3. The largest absolute Gasteiger partial charge is 0.335 e. The van der Waals surface area contributed by atoms with Gasteiger partial charge in [0, 0.05) is 55.4 Å². The number of likely N-dealkylation sites (tertiary alicyclic amines) is 1. The van der Waals surface area contributed by atoms with Crippen molar-refractivity contribution in [2.45, 2.75) is 26.4 Å². The van der Waals surface area contributed by atoms with E-state index in [1.165, 1.54) is 24.5 Å². The summed E-state index contributed by atoms with van der Waals surface area (Å²) in [5.41, 5.74) is 1.39. The maximum Gasteiger partial charge on any atom is 0.108 e. The quantitative estimate of drug-likeness (QED) is 0.836. The fourth-order valence-corrected chi connectivity index (χ4v) is 3.13. The van der Waals surface area contributed by atoms with E-state index in [4.69, 9.17) is 0 Å². The van der Waals surface area contributed by atoms with Crippen molar-refractivity contribution in [2.24, 2.45) is 5.92 Å². The van der Waals surface area contributed by atoms with Crippen LogP contribution in [0.5, 0.6) is 0 Å². The van der Waals surface area contributed by atoms with E-state index in [9.17, 15) is 0 Å². The Morgan fingerprint density at radius 3 is 2.70 bits per heavy atom. The smallest absolute Gasteiger partial charge is 0.108 e. The lowest BCUT2D eigenvalue weighted by molar-refractivity contribution is 0.0798. The van der Waals surface area contributed by atoms with Gasteiger partial charge in [-0.1, -0.05) is 35.0 Å². The normalized spacial score (nSPS) is 16.3. The summed E-state index contributed by atoms with van der Waals surface area (Å²) in [6.07, 6.45) is 5.04. The van der Waals surface area contributed by atoms with E-state index in [1.807, 2.05) is 6.20 Å². The number of halogens is 1. The van der Waals surface area contributed by atoms with Crippen molar-refractivity contribution in [2.75, 3.05) is 13.1 Å². The van der Waals surface area contributed by atoms with Crippen LogP contribution in [0.4, 0.5) is 0 Å².